The maximum atomic E-state index is 10.7. The van der Waals surface area contributed by atoms with Crippen LogP contribution in [0.5, 0.6) is 0 Å². The lowest BCUT2D eigenvalue weighted by Crippen LogP contribution is -2.09. The zero-order valence-electron chi connectivity index (χ0n) is 8.30. The second kappa shape index (κ2) is 4.56. The third-order valence-electron chi connectivity index (χ3n) is 1.66. The molecule has 0 saturated heterocycles. The molecule has 0 bridgehead atoms. The van der Waals surface area contributed by atoms with Gasteiger partial charge < -0.3 is 0 Å². The predicted octanol–water partition coefficient (Wildman–Crippen LogP) is 0.769. The minimum atomic E-state index is -3.37. The Labute approximate surface area is 83.8 Å². The highest BCUT2D eigenvalue weighted by atomic mass is 32.2. The summed E-state index contributed by atoms with van der Waals surface area (Å²) in [5, 5.41) is 4.05. The maximum absolute atomic E-state index is 10.7. The number of hydrogen-bond acceptors (Lipinski definition) is 4. The molecule has 0 aliphatic rings. The van der Waals surface area contributed by atoms with Gasteiger partial charge in [0.1, 0.15) is 6.61 Å². The fourth-order valence-corrected chi connectivity index (χ4v) is 1.40. The Balaban J connectivity index is 2.62. The van der Waals surface area contributed by atoms with Crippen molar-refractivity contribution < 1.29 is 12.6 Å². The molecule has 0 atom stereocenters. The lowest BCUT2D eigenvalue weighted by atomic mass is 10.4. The molecule has 14 heavy (non-hydrogen) atoms. The van der Waals surface area contributed by atoms with Crippen molar-refractivity contribution in [1.29, 1.82) is 0 Å². The Kier molecular flexibility index (Phi) is 3.65. The molecule has 6 heteroatoms. The van der Waals surface area contributed by atoms with E-state index in [0.29, 0.717) is 0 Å². The first-order valence-electron chi connectivity index (χ1n) is 4.38. The largest absolute Gasteiger partial charge is 0.267 e. The van der Waals surface area contributed by atoms with E-state index in [1.807, 2.05) is 6.92 Å². The van der Waals surface area contributed by atoms with E-state index in [4.69, 9.17) is 0 Å². The van der Waals surface area contributed by atoms with Crippen molar-refractivity contribution in [3.05, 3.63) is 18.0 Å². The van der Waals surface area contributed by atoms with Crippen LogP contribution < -0.4 is 0 Å². The van der Waals surface area contributed by atoms with E-state index in [1.165, 1.54) is 0 Å². The van der Waals surface area contributed by atoms with Crippen LogP contribution in [0.3, 0.4) is 0 Å². The van der Waals surface area contributed by atoms with Crippen LogP contribution in [0, 0.1) is 0 Å². The summed E-state index contributed by atoms with van der Waals surface area (Å²) in [5.41, 5.74) is 0.775. The second-order valence-corrected chi connectivity index (χ2v) is 4.66. The smallest absolute Gasteiger partial charge is 0.264 e. The first-order valence-corrected chi connectivity index (χ1v) is 6.19. The molecular weight excluding hydrogens is 204 g/mol. The van der Waals surface area contributed by atoms with Crippen LogP contribution in [0.1, 0.15) is 19.0 Å². The molecule has 0 aliphatic heterocycles. The van der Waals surface area contributed by atoms with Crippen LogP contribution in [0.25, 0.3) is 0 Å². The Bertz CT molecular complexity index is 383. The number of aryl methyl sites for hydroxylation is 1. The maximum Gasteiger partial charge on any atom is 0.264 e. The first kappa shape index (κ1) is 11.2. The van der Waals surface area contributed by atoms with E-state index in [2.05, 4.69) is 9.28 Å². The Morgan fingerprint density at radius 3 is 2.86 bits per heavy atom. The van der Waals surface area contributed by atoms with Crippen molar-refractivity contribution in [2.75, 3.05) is 6.26 Å². The van der Waals surface area contributed by atoms with Crippen molar-refractivity contribution in [3.8, 4) is 0 Å². The lowest BCUT2D eigenvalue weighted by molar-refractivity contribution is 0.297. The minimum Gasteiger partial charge on any atom is -0.267 e. The molecule has 80 valence electrons. The van der Waals surface area contributed by atoms with E-state index < -0.39 is 10.1 Å². The highest BCUT2D eigenvalue weighted by Gasteiger charge is 2.06. The summed E-state index contributed by atoms with van der Waals surface area (Å²) < 4.78 is 27.9. The Morgan fingerprint density at radius 2 is 2.29 bits per heavy atom. The van der Waals surface area contributed by atoms with Gasteiger partial charge in [-0.3, -0.25) is 8.86 Å². The third kappa shape index (κ3) is 3.47. The molecule has 5 nitrogen and oxygen atoms in total. The van der Waals surface area contributed by atoms with Crippen molar-refractivity contribution in [2.45, 2.75) is 26.5 Å². The average molecular weight is 218 g/mol. The van der Waals surface area contributed by atoms with Crippen molar-refractivity contribution in [1.82, 2.24) is 9.78 Å². The summed E-state index contributed by atoms with van der Waals surface area (Å²) in [6.45, 7) is 2.86. The lowest BCUT2D eigenvalue weighted by Gasteiger charge is -2.05. The van der Waals surface area contributed by atoms with Gasteiger partial charge in [-0.05, 0) is 12.5 Å². The van der Waals surface area contributed by atoms with Crippen LogP contribution in [0.2, 0.25) is 0 Å². The van der Waals surface area contributed by atoms with Gasteiger partial charge in [0.2, 0.25) is 0 Å². The van der Waals surface area contributed by atoms with Crippen LogP contribution >= 0.6 is 0 Å². The Hall–Kier alpha value is -0.880. The highest BCUT2D eigenvalue weighted by molar-refractivity contribution is 7.85. The van der Waals surface area contributed by atoms with Gasteiger partial charge >= 0.3 is 0 Å². The quantitative estimate of drug-likeness (QED) is 0.685. The molecule has 0 radical (unpaired) electrons. The summed E-state index contributed by atoms with van der Waals surface area (Å²) in [7, 11) is -3.37. The molecule has 0 saturated carbocycles. The standard InChI is InChI=1S/C8H14N2O3S/c1-3-6-10-8(4-5-9-10)7-13-14(2,11)12/h4-5H,3,6-7H2,1-2H3. The summed E-state index contributed by atoms with van der Waals surface area (Å²) in [4.78, 5) is 0. The monoisotopic (exact) mass is 218 g/mol. The van der Waals surface area contributed by atoms with E-state index >= 15 is 0 Å². The van der Waals surface area contributed by atoms with Gasteiger partial charge in [0.15, 0.2) is 0 Å². The van der Waals surface area contributed by atoms with E-state index in [1.54, 1.807) is 16.9 Å². The van der Waals surface area contributed by atoms with Gasteiger partial charge in [0.05, 0.1) is 11.9 Å². The Morgan fingerprint density at radius 1 is 1.57 bits per heavy atom. The molecule has 0 spiro atoms. The van der Waals surface area contributed by atoms with Gasteiger partial charge in [0, 0.05) is 12.7 Å². The summed E-state index contributed by atoms with van der Waals surface area (Å²) in [6, 6.07) is 1.75. The van der Waals surface area contributed by atoms with Crippen molar-refractivity contribution >= 4 is 10.1 Å². The van der Waals surface area contributed by atoms with E-state index in [0.717, 1.165) is 24.9 Å². The fraction of sp³-hybridized carbons (Fsp3) is 0.625. The van der Waals surface area contributed by atoms with Gasteiger partial charge in [-0.15, -0.1) is 0 Å². The second-order valence-electron chi connectivity index (χ2n) is 3.01. The molecule has 1 aromatic rings. The normalized spacial score (nSPS) is 11.9. The molecule has 0 fully saturated rings. The van der Waals surface area contributed by atoms with Crippen molar-refractivity contribution in [2.24, 2.45) is 0 Å². The zero-order chi connectivity index (χ0) is 10.6. The first-order chi connectivity index (χ1) is 6.53. The number of hydrogen-bond donors (Lipinski definition) is 0. The van der Waals surface area contributed by atoms with Gasteiger partial charge in [0.25, 0.3) is 10.1 Å². The molecular formula is C8H14N2O3S. The third-order valence-corrected chi connectivity index (χ3v) is 2.21. The van der Waals surface area contributed by atoms with E-state index in [-0.39, 0.29) is 6.61 Å². The molecule has 0 aliphatic carbocycles. The zero-order valence-corrected chi connectivity index (χ0v) is 9.12. The summed E-state index contributed by atoms with van der Waals surface area (Å²) in [5.74, 6) is 0. The molecule has 1 heterocycles. The van der Waals surface area contributed by atoms with Crippen LogP contribution in [-0.2, 0) is 27.5 Å². The van der Waals surface area contributed by atoms with Gasteiger partial charge in [-0.1, -0.05) is 6.92 Å². The van der Waals surface area contributed by atoms with Crippen LogP contribution in [0.4, 0.5) is 0 Å². The molecule has 0 aromatic carbocycles. The summed E-state index contributed by atoms with van der Waals surface area (Å²) in [6.07, 6.45) is 3.62. The predicted molar refractivity (Wildman–Crippen MR) is 52.2 cm³/mol. The van der Waals surface area contributed by atoms with Crippen LogP contribution in [0.15, 0.2) is 12.3 Å². The SMILES string of the molecule is CCCn1nccc1COS(C)(=O)=O. The van der Waals surface area contributed by atoms with E-state index in [9.17, 15) is 8.42 Å². The van der Waals surface area contributed by atoms with Crippen molar-refractivity contribution in [3.63, 3.8) is 0 Å². The minimum absolute atomic E-state index is 0.0544. The molecule has 0 unspecified atom stereocenters. The summed E-state index contributed by atoms with van der Waals surface area (Å²) >= 11 is 0. The van der Waals surface area contributed by atoms with Crippen LogP contribution in [-0.4, -0.2) is 24.5 Å². The topological polar surface area (TPSA) is 61.2 Å². The molecule has 0 N–H and O–H groups in total. The number of nitrogens with zero attached hydrogens (tertiary/aromatic N) is 2. The molecule has 1 aromatic heterocycles. The van der Waals surface area contributed by atoms with Gasteiger partial charge in [-0.25, -0.2) is 0 Å². The van der Waals surface area contributed by atoms with Gasteiger partial charge in [-0.2, -0.15) is 13.5 Å². The number of rotatable bonds is 5. The highest BCUT2D eigenvalue weighted by Crippen LogP contribution is 2.04. The average Bonchev–Trinajstić information content (AvgIpc) is 2.48. The fourth-order valence-electron chi connectivity index (χ4n) is 1.06. The number of aromatic nitrogens is 2. The molecule has 0 amide bonds. The molecule has 1 rings (SSSR count).